The Kier molecular flexibility index (Phi) is 5.71. The highest BCUT2D eigenvalue weighted by molar-refractivity contribution is 5.94. The van der Waals surface area contributed by atoms with E-state index in [2.05, 4.69) is 10.3 Å². The first-order chi connectivity index (χ1) is 15.0. The van der Waals surface area contributed by atoms with Crippen LogP contribution in [0.15, 0.2) is 79.0 Å². The molecule has 0 radical (unpaired) electrons. The molecule has 1 aromatic heterocycles. The summed E-state index contributed by atoms with van der Waals surface area (Å²) in [7, 11) is 0. The van der Waals surface area contributed by atoms with Crippen LogP contribution in [0, 0.1) is 12.7 Å². The van der Waals surface area contributed by atoms with E-state index < -0.39 is 0 Å². The van der Waals surface area contributed by atoms with Gasteiger partial charge in [-0.3, -0.25) is 4.79 Å². The van der Waals surface area contributed by atoms with Crippen LogP contribution in [-0.2, 0) is 11.2 Å². The van der Waals surface area contributed by atoms with E-state index in [1.807, 2.05) is 30.3 Å². The number of aryl methyl sites for hydroxylation is 1. The van der Waals surface area contributed by atoms with Gasteiger partial charge in [-0.1, -0.05) is 42.5 Å². The fraction of sp³-hybridized carbons (Fsp3) is 0.0800. The van der Waals surface area contributed by atoms with Crippen molar-refractivity contribution >= 4 is 11.7 Å². The second kappa shape index (κ2) is 8.75. The summed E-state index contributed by atoms with van der Waals surface area (Å²) in [4.78, 5) is 21.8. The minimum atomic E-state index is -0.304. The molecule has 1 amide bonds. The zero-order chi connectivity index (χ0) is 21.8. The molecular weight excluding hydrogens is 393 g/mol. The quantitative estimate of drug-likeness (QED) is 0.475. The lowest BCUT2D eigenvalue weighted by atomic mass is 10.1. The van der Waals surface area contributed by atoms with Gasteiger partial charge in [-0.05, 0) is 48.4 Å². The first-order valence-corrected chi connectivity index (χ1v) is 9.76. The summed E-state index contributed by atoms with van der Waals surface area (Å²) in [6.07, 6.45) is 1.69. The molecule has 0 saturated carbocycles. The highest BCUT2D eigenvalue weighted by atomic mass is 19.1. The van der Waals surface area contributed by atoms with Gasteiger partial charge in [0.15, 0.2) is 5.82 Å². The van der Waals surface area contributed by atoms with Gasteiger partial charge in [0, 0.05) is 11.1 Å². The third-order valence-electron chi connectivity index (χ3n) is 4.83. The number of anilines is 1. The maximum absolute atomic E-state index is 13.5. The lowest BCUT2D eigenvalue weighted by Crippen LogP contribution is -2.16. The normalized spacial score (nSPS) is 10.6. The maximum atomic E-state index is 13.5. The van der Waals surface area contributed by atoms with Crippen molar-refractivity contribution in [2.45, 2.75) is 13.3 Å². The van der Waals surface area contributed by atoms with Crippen LogP contribution in [0.3, 0.4) is 0 Å². The van der Waals surface area contributed by atoms with Crippen molar-refractivity contribution in [3.63, 3.8) is 0 Å². The monoisotopic (exact) mass is 413 g/mol. The molecule has 0 spiro atoms. The number of aromatic nitrogens is 2. The molecule has 3 aromatic carbocycles. The summed E-state index contributed by atoms with van der Waals surface area (Å²) in [5.41, 5.74) is 3.95. The first kappa shape index (κ1) is 20.2. The van der Waals surface area contributed by atoms with Crippen molar-refractivity contribution < 1.29 is 14.3 Å². The average Bonchev–Trinajstić information content (AvgIpc) is 2.78. The van der Waals surface area contributed by atoms with Crippen molar-refractivity contribution in [2.75, 3.05) is 5.32 Å². The number of phenolic OH excluding ortho intramolecular Hbond substituents is 1. The van der Waals surface area contributed by atoms with Crippen molar-refractivity contribution in [2.24, 2.45) is 0 Å². The number of aromatic hydroxyl groups is 1. The molecule has 31 heavy (non-hydrogen) atoms. The minimum absolute atomic E-state index is 0.0816. The van der Waals surface area contributed by atoms with Crippen LogP contribution in [0.1, 0.15) is 11.1 Å². The second-order valence-corrected chi connectivity index (χ2v) is 7.17. The Bertz CT molecular complexity index is 1230. The highest BCUT2D eigenvalue weighted by Gasteiger charge is 2.15. The molecular formula is C25H20FN3O2. The molecule has 0 bridgehead atoms. The van der Waals surface area contributed by atoms with Gasteiger partial charge in [0.1, 0.15) is 17.3 Å². The summed E-state index contributed by atoms with van der Waals surface area (Å²) in [6, 6.07) is 20.7. The Morgan fingerprint density at radius 2 is 1.74 bits per heavy atom. The molecule has 4 rings (SSSR count). The number of nitrogens with one attached hydrogen (secondary N) is 1. The number of carbonyl (C=O) groups is 1. The molecule has 0 aliphatic carbocycles. The molecule has 6 heteroatoms. The number of hydrogen-bond acceptors (Lipinski definition) is 4. The summed E-state index contributed by atoms with van der Waals surface area (Å²) < 4.78 is 13.5. The highest BCUT2D eigenvalue weighted by Crippen LogP contribution is 2.29. The molecule has 0 unspecified atom stereocenters. The molecule has 0 atom stereocenters. The Hall–Kier alpha value is -4.06. The van der Waals surface area contributed by atoms with E-state index in [0.717, 1.165) is 5.56 Å². The van der Waals surface area contributed by atoms with Gasteiger partial charge >= 0.3 is 0 Å². The van der Waals surface area contributed by atoms with Gasteiger partial charge in [-0.2, -0.15) is 0 Å². The fourth-order valence-corrected chi connectivity index (χ4v) is 3.23. The van der Waals surface area contributed by atoms with Crippen LogP contribution < -0.4 is 5.32 Å². The Morgan fingerprint density at radius 1 is 1.00 bits per heavy atom. The van der Waals surface area contributed by atoms with Crippen molar-refractivity contribution in [1.29, 1.82) is 0 Å². The van der Waals surface area contributed by atoms with Crippen LogP contribution in [0.4, 0.5) is 10.2 Å². The third-order valence-corrected chi connectivity index (χ3v) is 4.83. The van der Waals surface area contributed by atoms with Gasteiger partial charge < -0.3 is 10.4 Å². The summed E-state index contributed by atoms with van der Waals surface area (Å²) in [5.74, 6) is -0.142. The van der Waals surface area contributed by atoms with E-state index in [9.17, 15) is 14.3 Å². The van der Waals surface area contributed by atoms with E-state index in [1.165, 1.54) is 6.07 Å². The molecule has 4 aromatic rings. The standard InChI is InChI=1S/C25H20FN3O2/c1-16-13-17(7-12-21(16)26)14-23(31)29-25-24(19-8-10-20(30)11-9-19)28-22(15-27-25)18-5-3-2-4-6-18/h2-13,15,30H,14H2,1H3,(H,27,29,31). The van der Waals surface area contributed by atoms with E-state index in [1.54, 1.807) is 49.5 Å². The van der Waals surface area contributed by atoms with E-state index in [-0.39, 0.29) is 23.9 Å². The predicted octanol–water partition coefficient (Wildman–Crippen LogP) is 5.14. The molecule has 1 heterocycles. The number of benzene rings is 3. The molecule has 0 saturated heterocycles. The SMILES string of the molecule is Cc1cc(CC(=O)Nc2ncc(-c3ccccc3)nc2-c2ccc(O)cc2)ccc1F. The van der Waals surface area contributed by atoms with Crippen LogP contribution in [0.5, 0.6) is 5.75 Å². The predicted molar refractivity (Wildman–Crippen MR) is 118 cm³/mol. The smallest absolute Gasteiger partial charge is 0.230 e. The van der Waals surface area contributed by atoms with E-state index in [4.69, 9.17) is 4.98 Å². The van der Waals surface area contributed by atoms with Gasteiger partial charge in [0.05, 0.1) is 18.3 Å². The number of hydrogen-bond donors (Lipinski definition) is 2. The Balaban J connectivity index is 1.66. The van der Waals surface area contributed by atoms with Gasteiger partial charge in [0.2, 0.25) is 5.91 Å². The minimum Gasteiger partial charge on any atom is -0.508 e. The number of carbonyl (C=O) groups excluding carboxylic acids is 1. The van der Waals surface area contributed by atoms with Crippen molar-refractivity contribution in [1.82, 2.24) is 9.97 Å². The molecule has 0 fully saturated rings. The number of nitrogens with zero attached hydrogens (tertiary/aromatic N) is 2. The maximum Gasteiger partial charge on any atom is 0.230 e. The second-order valence-electron chi connectivity index (χ2n) is 7.17. The van der Waals surface area contributed by atoms with Crippen molar-refractivity contribution in [3.8, 4) is 28.3 Å². The van der Waals surface area contributed by atoms with E-state index in [0.29, 0.717) is 33.9 Å². The van der Waals surface area contributed by atoms with Crippen LogP contribution >= 0.6 is 0 Å². The van der Waals surface area contributed by atoms with Crippen molar-refractivity contribution in [3.05, 3.63) is 95.9 Å². The molecule has 0 aliphatic heterocycles. The number of phenols is 1. The Labute approximate surface area is 179 Å². The molecule has 5 nitrogen and oxygen atoms in total. The molecule has 154 valence electrons. The largest absolute Gasteiger partial charge is 0.508 e. The Morgan fingerprint density at radius 3 is 2.45 bits per heavy atom. The molecule has 2 N–H and O–H groups in total. The average molecular weight is 413 g/mol. The first-order valence-electron chi connectivity index (χ1n) is 9.76. The zero-order valence-corrected chi connectivity index (χ0v) is 16.8. The number of halogens is 1. The third kappa shape index (κ3) is 4.75. The van der Waals surface area contributed by atoms with E-state index >= 15 is 0 Å². The summed E-state index contributed by atoms with van der Waals surface area (Å²) in [6.45, 7) is 1.66. The number of rotatable bonds is 5. The van der Waals surface area contributed by atoms with Crippen LogP contribution in [-0.4, -0.2) is 21.0 Å². The van der Waals surface area contributed by atoms with Gasteiger partial charge in [-0.15, -0.1) is 0 Å². The van der Waals surface area contributed by atoms with Gasteiger partial charge in [0.25, 0.3) is 0 Å². The lowest BCUT2D eigenvalue weighted by molar-refractivity contribution is -0.115. The summed E-state index contributed by atoms with van der Waals surface area (Å²) >= 11 is 0. The van der Waals surface area contributed by atoms with Gasteiger partial charge in [-0.25, -0.2) is 14.4 Å². The topological polar surface area (TPSA) is 75.1 Å². The van der Waals surface area contributed by atoms with Crippen LogP contribution in [0.25, 0.3) is 22.5 Å². The molecule has 0 aliphatic rings. The summed E-state index contributed by atoms with van der Waals surface area (Å²) in [5, 5.41) is 12.4. The fourth-order valence-electron chi connectivity index (χ4n) is 3.23. The number of amides is 1. The van der Waals surface area contributed by atoms with Crippen LogP contribution in [0.2, 0.25) is 0 Å². The lowest BCUT2D eigenvalue weighted by Gasteiger charge is -2.12. The zero-order valence-electron chi connectivity index (χ0n) is 16.8.